The smallest absolute Gasteiger partial charge is 0.133 e. The van der Waals surface area contributed by atoms with E-state index in [4.69, 9.17) is 18.0 Å². The summed E-state index contributed by atoms with van der Waals surface area (Å²) in [7, 11) is 0. The van der Waals surface area contributed by atoms with Crippen LogP contribution in [0, 0.1) is 5.82 Å². The van der Waals surface area contributed by atoms with Gasteiger partial charge in [0.05, 0.1) is 6.10 Å². The van der Waals surface area contributed by atoms with Gasteiger partial charge in [0.2, 0.25) is 0 Å². The van der Waals surface area contributed by atoms with Crippen LogP contribution in [0.25, 0.3) is 0 Å². The Morgan fingerprint density at radius 2 is 2.11 bits per heavy atom. The molecular weight excluding hydrogens is 251 g/mol. The molecule has 3 nitrogen and oxygen atoms in total. The number of likely N-dealkylation sites (tertiary alicyclic amines) is 1. The zero-order valence-corrected chi connectivity index (χ0v) is 10.9. The molecule has 0 radical (unpaired) electrons. The summed E-state index contributed by atoms with van der Waals surface area (Å²) in [6, 6.07) is 4.87. The van der Waals surface area contributed by atoms with E-state index in [9.17, 15) is 9.50 Å². The summed E-state index contributed by atoms with van der Waals surface area (Å²) >= 11 is 4.82. The minimum Gasteiger partial charge on any atom is -0.393 e. The average molecular weight is 268 g/mol. The standard InChI is InChI=1S/C13H17FN2OS/c14-12-2-1-9(7-11(12)13(15)18)8-16-5-3-10(17)4-6-16/h1-2,7,10,17H,3-6,8H2,(H2,15,18). The van der Waals surface area contributed by atoms with Gasteiger partial charge in [-0.05, 0) is 30.5 Å². The fourth-order valence-electron chi connectivity index (χ4n) is 2.20. The summed E-state index contributed by atoms with van der Waals surface area (Å²) in [5.41, 5.74) is 6.78. The van der Waals surface area contributed by atoms with Crippen LogP contribution in [0.4, 0.5) is 4.39 Å². The van der Waals surface area contributed by atoms with Gasteiger partial charge in [-0.15, -0.1) is 0 Å². The molecule has 0 amide bonds. The molecule has 5 heteroatoms. The van der Waals surface area contributed by atoms with Gasteiger partial charge < -0.3 is 10.8 Å². The Hall–Kier alpha value is -1.04. The number of piperidine rings is 1. The van der Waals surface area contributed by atoms with E-state index in [0.29, 0.717) is 5.56 Å². The number of nitrogens with zero attached hydrogens (tertiary/aromatic N) is 1. The minimum absolute atomic E-state index is 0.0865. The van der Waals surface area contributed by atoms with Crippen molar-refractivity contribution in [3.05, 3.63) is 35.1 Å². The molecule has 3 N–H and O–H groups in total. The fourth-order valence-corrected chi connectivity index (χ4v) is 2.35. The Kier molecular flexibility index (Phi) is 4.27. The molecule has 18 heavy (non-hydrogen) atoms. The first-order valence-corrected chi connectivity index (χ1v) is 6.45. The van der Waals surface area contributed by atoms with Crippen LogP contribution < -0.4 is 5.73 Å². The topological polar surface area (TPSA) is 49.5 Å². The molecule has 1 aromatic rings. The molecule has 0 unspecified atom stereocenters. The second-order valence-corrected chi connectivity index (χ2v) is 5.13. The van der Waals surface area contributed by atoms with E-state index in [-0.39, 0.29) is 16.9 Å². The highest BCUT2D eigenvalue weighted by atomic mass is 32.1. The molecule has 0 bridgehead atoms. The molecule has 1 aliphatic rings. The minimum atomic E-state index is -0.375. The average Bonchev–Trinajstić information content (AvgIpc) is 2.34. The van der Waals surface area contributed by atoms with Crippen LogP contribution in [-0.4, -0.2) is 34.2 Å². The van der Waals surface area contributed by atoms with Crippen LogP contribution in [0.5, 0.6) is 0 Å². The normalized spacial score (nSPS) is 17.9. The van der Waals surface area contributed by atoms with E-state index >= 15 is 0 Å². The molecule has 2 rings (SSSR count). The largest absolute Gasteiger partial charge is 0.393 e. The van der Waals surface area contributed by atoms with Crippen molar-refractivity contribution in [2.24, 2.45) is 5.73 Å². The van der Waals surface area contributed by atoms with Crippen LogP contribution in [-0.2, 0) is 6.54 Å². The molecule has 1 aliphatic heterocycles. The third-order valence-corrected chi connectivity index (χ3v) is 3.48. The lowest BCUT2D eigenvalue weighted by Crippen LogP contribution is -2.35. The first kappa shape index (κ1) is 13.4. The summed E-state index contributed by atoms with van der Waals surface area (Å²) in [6.45, 7) is 2.46. The third-order valence-electron chi connectivity index (χ3n) is 3.26. The summed E-state index contributed by atoms with van der Waals surface area (Å²) in [5.74, 6) is -0.375. The number of halogens is 1. The second kappa shape index (κ2) is 5.73. The highest BCUT2D eigenvalue weighted by Crippen LogP contribution is 2.16. The van der Waals surface area contributed by atoms with Crippen LogP contribution in [0.3, 0.4) is 0 Å². The van der Waals surface area contributed by atoms with Gasteiger partial charge in [0.15, 0.2) is 0 Å². The third kappa shape index (κ3) is 3.25. The number of hydrogen-bond donors (Lipinski definition) is 2. The van der Waals surface area contributed by atoms with Gasteiger partial charge in [-0.2, -0.15) is 0 Å². The van der Waals surface area contributed by atoms with Crippen LogP contribution >= 0.6 is 12.2 Å². The number of rotatable bonds is 3. The molecule has 1 saturated heterocycles. The van der Waals surface area contributed by atoms with E-state index in [1.54, 1.807) is 12.1 Å². The van der Waals surface area contributed by atoms with Gasteiger partial charge in [-0.1, -0.05) is 18.3 Å². The Morgan fingerprint density at radius 3 is 2.72 bits per heavy atom. The zero-order valence-electron chi connectivity index (χ0n) is 10.1. The Morgan fingerprint density at radius 1 is 1.44 bits per heavy atom. The molecule has 1 heterocycles. The van der Waals surface area contributed by atoms with Crippen molar-refractivity contribution in [2.45, 2.75) is 25.5 Å². The predicted octanol–water partition coefficient (Wildman–Crippen LogP) is 1.42. The summed E-state index contributed by atoms with van der Waals surface area (Å²) in [4.78, 5) is 2.33. The fraction of sp³-hybridized carbons (Fsp3) is 0.462. The van der Waals surface area contributed by atoms with Gasteiger partial charge in [-0.25, -0.2) is 4.39 Å². The zero-order chi connectivity index (χ0) is 13.1. The van der Waals surface area contributed by atoms with Crippen molar-refractivity contribution in [1.82, 2.24) is 4.90 Å². The number of aliphatic hydroxyl groups is 1. The molecule has 1 aromatic carbocycles. The highest BCUT2D eigenvalue weighted by Gasteiger charge is 2.17. The van der Waals surface area contributed by atoms with Gasteiger partial charge in [0.25, 0.3) is 0 Å². The van der Waals surface area contributed by atoms with Gasteiger partial charge in [0, 0.05) is 25.2 Å². The number of aliphatic hydroxyl groups excluding tert-OH is 1. The summed E-state index contributed by atoms with van der Waals surface area (Å²) in [5, 5.41) is 9.44. The van der Waals surface area contributed by atoms with E-state index in [0.717, 1.165) is 38.0 Å². The van der Waals surface area contributed by atoms with Gasteiger partial charge in [-0.3, -0.25) is 4.90 Å². The van der Waals surface area contributed by atoms with Crippen molar-refractivity contribution in [3.8, 4) is 0 Å². The van der Waals surface area contributed by atoms with E-state index < -0.39 is 0 Å². The Labute approximate surface area is 111 Å². The van der Waals surface area contributed by atoms with Crippen molar-refractivity contribution in [3.63, 3.8) is 0 Å². The summed E-state index contributed by atoms with van der Waals surface area (Å²) in [6.07, 6.45) is 1.41. The number of nitrogens with two attached hydrogens (primary N) is 1. The Bertz CT molecular complexity index is 445. The number of thiocarbonyl (C=S) groups is 1. The molecule has 98 valence electrons. The maximum atomic E-state index is 13.4. The first-order valence-electron chi connectivity index (χ1n) is 6.05. The van der Waals surface area contributed by atoms with Crippen molar-refractivity contribution in [1.29, 1.82) is 0 Å². The van der Waals surface area contributed by atoms with Crippen molar-refractivity contribution in [2.75, 3.05) is 13.1 Å². The van der Waals surface area contributed by atoms with E-state index in [1.807, 2.05) is 0 Å². The Balaban J connectivity index is 2.05. The van der Waals surface area contributed by atoms with Crippen molar-refractivity contribution >= 4 is 17.2 Å². The molecule has 0 atom stereocenters. The lowest BCUT2D eigenvalue weighted by molar-refractivity contribution is 0.0792. The first-order chi connectivity index (χ1) is 8.56. The molecular formula is C13H17FN2OS. The van der Waals surface area contributed by atoms with E-state index in [1.165, 1.54) is 6.07 Å². The van der Waals surface area contributed by atoms with Crippen LogP contribution in [0.1, 0.15) is 24.0 Å². The maximum Gasteiger partial charge on any atom is 0.133 e. The quantitative estimate of drug-likeness (QED) is 0.814. The van der Waals surface area contributed by atoms with Crippen LogP contribution in [0.15, 0.2) is 18.2 Å². The number of benzene rings is 1. The van der Waals surface area contributed by atoms with Gasteiger partial charge in [0.1, 0.15) is 10.8 Å². The highest BCUT2D eigenvalue weighted by molar-refractivity contribution is 7.80. The summed E-state index contributed by atoms with van der Waals surface area (Å²) < 4.78 is 13.4. The second-order valence-electron chi connectivity index (χ2n) is 4.69. The molecule has 0 aliphatic carbocycles. The van der Waals surface area contributed by atoms with Crippen molar-refractivity contribution < 1.29 is 9.50 Å². The monoisotopic (exact) mass is 268 g/mol. The lowest BCUT2D eigenvalue weighted by Gasteiger charge is -2.29. The number of hydrogen-bond acceptors (Lipinski definition) is 3. The lowest BCUT2D eigenvalue weighted by atomic mass is 10.1. The predicted molar refractivity (Wildman–Crippen MR) is 72.8 cm³/mol. The molecule has 1 fully saturated rings. The molecule has 0 saturated carbocycles. The van der Waals surface area contributed by atoms with E-state index in [2.05, 4.69) is 4.90 Å². The SMILES string of the molecule is NC(=S)c1cc(CN2CCC(O)CC2)ccc1F. The molecule has 0 spiro atoms. The molecule has 0 aromatic heterocycles. The van der Waals surface area contributed by atoms with Gasteiger partial charge >= 0.3 is 0 Å². The maximum absolute atomic E-state index is 13.4. The van der Waals surface area contributed by atoms with Crippen LogP contribution in [0.2, 0.25) is 0 Å².